The van der Waals surface area contributed by atoms with Crippen molar-refractivity contribution in [2.45, 2.75) is 15.9 Å². The minimum absolute atomic E-state index is 0.465. The van der Waals surface area contributed by atoms with Gasteiger partial charge in [-0.15, -0.1) is 11.8 Å². The van der Waals surface area contributed by atoms with Gasteiger partial charge in [0.25, 0.3) is 0 Å². The second-order valence-corrected chi connectivity index (χ2v) is 6.19. The molecule has 0 aliphatic rings. The first kappa shape index (κ1) is 14.8. The van der Waals surface area contributed by atoms with Crippen LogP contribution in [0.5, 0.6) is 0 Å². The van der Waals surface area contributed by atoms with E-state index in [2.05, 4.69) is 9.97 Å². The molecule has 2 N–H and O–H groups in total. The maximum atomic E-state index is 6.12. The molecule has 2 aromatic rings. The lowest BCUT2D eigenvalue weighted by molar-refractivity contribution is 0.900. The molecule has 0 radical (unpaired) electrons. The lowest BCUT2D eigenvalue weighted by Crippen LogP contribution is -1.96. The highest BCUT2D eigenvalue weighted by atomic mass is 35.5. The van der Waals surface area contributed by atoms with Crippen molar-refractivity contribution in [1.82, 2.24) is 9.97 Å². The fourth-order valence-electron chi connectivity index (χ4n) is 1.40. The van der Waals surface area contributed by atoms with Crippen molar-refractivity contribution in [3.05, 3.63) is 39.9 Å². The molecule has 2 rings (SSSR count). The number of halogens is 2. The molecular weight excluding hydrogens is 321 g/mol. The summed E-state index contributed by atoms with van der Waals surface area (Å²) in [7, 11) is 0. The van der Waals surface area contributed by atoms with Crippen molar-refractivity contribution >= 4 is 52.5 Å². The Balaban J connectivity index is 2.16. The van der Waals surface area contributed by atoms with Gasteiger partial charge in [0.15, 0.2) is 5.16 Å². The van der Waals surface area contributed by atoms with E-state index in [1.54, 1.807) is 6.07 Å². The van der Waals surface area contributed by atoms with Crippen LogP contribution in [0.4, 0.5) is 5.82 Å². The second kappa shape index (κ2) is 6.70. The number of thioether (sulfide) groups is 2. The molecule has 1 aromatic carbocycles. The second-order valence-electron chi connectivity index (χ2n) is 3.61. The third-order valence-electron chi connectivity index (χ3n) is 2.32. The number of anilines is 1. The predicted octanol–water partition coefficient (Wildman–Crippen LogP) is 4.38. The van der Waals surface area contributed by atoms with Crippen molar-refractivity contribution < 1.29 is 0 Å². The van der Waals surface area contributed by atoms with E-state index in [9.17, 15) is 0 Å². The highest BCUT2D eigenvalue weighted by molar-refractivity contribution is 7.99. The molecule has 0 amide bonds. The van der Waals surface area contributed by atoms with E-state index < -0.39 is 0 Å². The van der Waals surface area contributed by atoms with Crippen LogP contribution in [-0.4, -0.2) is 16.2 Å². The van der Waals surface area contributed by atoms with Crippen LogP contribution in [0.2, 0.25) is 10.0 Å². The number of nitrogens with two attached hydrogens (primary N) is 1. The number of hydrogen-bond donors (Lipinski definition) is 1. The SMILES string of the molecule is CSc1cc(N)nc(SCc2c(Cl)cccc2Cl)n1. The molecule has 0 atom stereocenters. The lowest BCUT2D eigenvalue weighted by atomic mass is 10.2. The van der Waals surface area contributed by atoms with Crippen LogP contribution < -0.4 is 5.73 Å². The third kappa shape index (κ3) is 3.92. The molecule has 0 spiro atoms. The Morgan fingerprint density at radius 1 is 1.21 bits per heavy atom. The number of hydrogen-bond acceptors (Lipinski definition) is 5. The van der Waals surface area contributed by atoms with Gasteiger partial charge in [-0.25, -0.2) is 9.97 Å². The summed E-state index contributed by atoms with van der Waals surface area (Å²) in [4.78, 5) is 8.56. The van der Waals surface area contributed by atoms with Gasteiger partial charge in [0, 0.05) is 21.9 Å². The van der Waals surface area contributed by atoms with Gasteiger partial charge >= 0.3 is 0 Å². The molecule has 1 aromatic heterocycles. The summed E-state index contributed by atoms with van der Waals surface area (Å²) in [5.41, 5.74) is 6.62. The molecular formula is C12H11Cl2N3S2. The van der Waals surface area contributed by atoms with E-state index in [4.69, 9.17) is 28.9 Å². The maximum absolute atomic E-state index is 6.12. The van der Waals surface area contributed by atoms with Crippen LogP contribution in [-0.2, 0) is 5.75 Å². The van der Waals surface area contributed by atoms with Crippen LogP contribution in [0.1, 0.15) is 5.56 Å². The summed E-state index contributed by atoms with van der Waals surface area (Å²) in [6.07, 6.45) is 1.95. The molecule has 0 aliphatic heterocycles. The van der Waals surface area contributed by atoms with Gasteiger partial charge in [0.2, 0.25) is 0 Å². The van der Waals surface area contributed by atoms with Crippen LogP contribution in [0.15, 0.2) is 34.4 Å². The number of nitrogen functional groups attached to an aromatic ring is 1. The van der Waals surface area contributed by atoms with Crippen molar-refractivity contribution in [1.29, 1.82) is 0 Å². The van der Waals surface area contributed by atoms with Crippen molar-refractivity contribution in [2.75, 3.05) is 12.0 Å². The van der Waals surface area contributed by atoms with Crippen LogP contribution in [0.25, 0.3) is 0 Å². The Morgan fingerprint density at radius 3 is 2.53 bits per heavy atom. The number of aromatic nitrogens is 2. The van der Waals surface area contributed by atoms with E-state index in [0.29, 0.717) is 26.8 Å². The molecule has 0 bridgehead atoms. The number of rotatable bonds is 4. The monoisotopic (exact) mass is 331 g/mol. The summed E-state index contributed by atoms with van der Waals surface area (Å²) in [6.45, 7) is 0. The average Bonchev–Trinajstić information content (AvgIpc) is 2.37. The molecule has 0 unspecified atom stereocenters. The Morgan fingerprint density at radius 2 is 1.89 bits per heavy atom. The standard InChI is InChI=1S/C12H11Cl2N3S2/c1-18-11-5-10(15)16-12(17-11)19-6-7-8(13)3-2-4-9(7)14/h2-5H,6H2,1H3,(H2,15,16,17). The molecule has 3 nitrogen and oxygen atoms in total. The number of benzene rings is 1. The molecule has 0 fully saturated rings. The van der Waals surface area contributed by atoms with Gasteiger partial charge in [-0.05, 0) is 24.0 Å². The molecule has 19 heavy (non-hydrogen) atoms. The van der Waals surface area contributed by atoms with Gasteiger partial charge in [-0.2, -0.15) is 0 Å². The van der Waals surface area contributed by atoms with Crippen LogP contribution in [0.3, 0.4) is 0 Å². The smallest absolute Gasteiger partial charge is 0.190 e. The lowest BCUT2D eigenvalue weighted by Gasteiger charge is -2.07. The van der Waals surface area contributed by atoms with Crippen molar-refractivity contribution in [3.8, 4) is 0 Å². The zero-order valence-corrected chi connectivity index (χ0v) is 13.2. The first-order valence-corrected chi connectivity index (χ1v) is 8.31. The Kier molecular flexibility index (Phi) is 5.21. The fourth-order valence-corrected chi connectivity index (χ4v) is 3.48. The fraction of sp³-hybridized carbons (Fsp3) is 0.167. The third-order valence-corrected chi connectivity index (χ3v) is 4.53. The van der Waals surface area contributed by atoms with Crippen molar-refractivity contribution in [2.24, 2.45) is 0 Å². The Bertz CT molecular complexity index is 573. The minimum Gasteiger partial charge on any atom is -0.384 e. The zero-order chi connectivity index (χ0) is 13.8. The van der Waals surface area contributed by atoms with Gasteiger partial charge in [-0.1, -0.05) is 41.0 Å². The van der Waals surface area contributed by atoms with Gasteiger partial charge < -0.3 is 5.73 Å². The Hall–Kier alpha value is -0.620. The van der Waals surface area contributed by atoms with Gasteiger partial charge in [0.05, 0.1) is 0 Å². The summed E-state index contributed by atoms with van der Waals surface area (Å²) in [5, 5.41) is 2.77. The highest BCUT2D eigenvalue weighted by Crippen LogP contribution is 2.31. The maximum Gasteiger partial charge on any atom is 0.190 e. The molecule has 0 saturated heterocycles. The van der Waals surface area contributed by atoms with Gasteiger partial charge in [0.1, 0.15) is 10.8 Å². The predicted molar refractivity (Wildman–Crippen MR) is 84.2 cm³/mol. The molecule has 0 saturated carbocycles. The van der Waals surface area contributed by atoms with E-state index in [1.807, 2.05) is 24.5 Å². The summed E-state index contributed by atoms with van der Waals surface area (Å²) in [5.74, 6) is 1.07. The normalized spacial score (nSPS) is 10.7. The summed E-state index contributed by atoms with van der Waals surface area (Å²) in [6, 6.07) is 7.20. The minimum atomic E-state index is 0.465. The molecule has 7 heteroatoms. The number of nitrogens with zero attached hydrogens (tertiary/aromatic N) is 2. The van der Waals surface area contributed by atoms with Crippen molar-refractivity contribution in [3.63, 3.8) is 0 Å². The topological polar surface area (TPSA) is 51.8 Å². The molecule has 100 valence electrons. The first-order chi connectivity index (χ1) is 9.10. The van der Waals surface area contributed by atoms with Crippen LogP contribution in [0, 0.1) is 0 Å². The quantitative estimate of drug-likeness (QED) is 0.511. The zero-order valence-electron chi connectivity index (χ0n) is 10.1. The largest absolute Gasteiger partial charge is 0.384 e. The van der Waals surface area contributed by atoms with E-state index in [0.717, 1.165) is 10.6 Å². The Labute approximate surface area is 130 Å². The highest BCUT2D eigenvalue weighted by Gasteiger charge is 2.08. The van der Waals surface area contributed by atoms with Gasteiger partial charge in [-0.3, -0.25) is 0 Å². The van der Waals surface area contributed by atoms with E-state index in [-0.39, 0.29) is 0 Å². The molecule has 0 aliphatic carbocycles. The van der Waals surface area contributed by atoms with Crippen LogP contribution >= 0.6 is 46.7 Å². The van der Waals surface area contributed by atoms with E-state index in [1.165, 1.54) is 23.5 Å². The first-order valence-electron chi connectivity index (χ1n) is 5.34. The summed E-state index contributed by atoms with van der Waals surface area (Å²) < 4.78 is 0. The van der Waals surface area contributed by atoms with E-state index >= 15 is 0 Å². The average molecular weight is 332 g/mol. The summed E-state index contributed by atoms with van der Waals surface area (Å²) >= 11 is 15.2. The molecule has 1 heterocycles.